The van der Waals surface area contributed by atoms with Crippen molar-refractivity contribution in [1.82, 2.24) is 15.2 Å². The quantitative estimate of drug-likeness (QED) is 0.700. The Morgan fingerprint density at radius 1 is 1.12 bits per heavy atom. The van der Waals surface area contributed by atoms with Crippen molar-refractivity contribution < 1.29 is 9.13 Å². The van der Waals surface area contributed by atoms with E-state index in [4.69, 9.17) is 16.3 Å². The van der Waals surface area contributed by atoms with Crippen molar-refractivity contribution >= 4 is 34.7 Å². The van der Waals surface area contributed by atoms with Crippen LogP contribution < -0.4 is 15.4 Å². The molecule has 25 heavy (non-hydrogen) atoms. The van der Waals surface area contributed by atoms with E-state index in [1.807, 2.05) is 13.0 Å². The fraction of sp³-hybridized carbons (Fsp3) is 0.118. The Hall–Kier alpha value is -2.93. The summed E-state index contributed by atoms with van der Waals surface area (Å²) in [5.41, 5.74) is 1.82. The molecule has 2 aromatic carbocycles. The van der Waals surface area contributed by atoms with Crippen LogP contribution in [0, 0.1) is 12.7 Å². The van der Waals surface area contributed by atoms with Crippen molar-refractivity contribution in [2.45, 2.75) is 6.92 Å². The van der Waals surface area contributed by atoms with Gasteiger partial charge in [-0.1, -0.05) is 23.7 Å². The lowest BCUT2D eigenvalue weighted by atomic mass is 10.2. The van der Waals surface area contributed by atoms with Gasteiger partial charge in [0.15, 0.2) is 5.82 Å². The van der Waals surface area contributed by atoms with Crippen LogP contribution in [0.5, 0.6) is 5.75 Å². The van der Waals surface area contributed by atoms with Gasteiger partial charge < -0.3 is 15.4 Å². The number of ether oxygens (including phenoxy) is 1. The number of aryl methyl sites for hydroxylation is 1. The van der Waals surface area contributed by atoms with Crippen LogP contribution in [-0.4, -0.2) is 22.3 Å². The highest BCUT2D eigenvalue weighted by Crippen LogP contribution is 2.32. The van der Waals surface area contributed by atoms with Crippen molar-refractivity contribution in [3.05, 3.63) is 59.0 Å². The molecule has 0 atom stereocenters. The zero-order chi connectivity index (χ0) is 17.8. The van der Waals surface area contributed by atoms with Gasteiger partial charge in [0.2, 0.25) is 5.95 Å². The second kappa shape index (κ2) is 7.31. The molecule has 2 N–H and O–H groups in total. The second-order valence-corrected chi connectivity index (χ2v) is 5.60. The summed E-state index contributed by atoms with van der Waals surface area (Å²) in [6.07, 6.45) is 1.40. The third-order valence-electron chi connectivity index (χ3n) is 3.42. The summed E-state index contributed by atoms with van der Waals surface area (Å²) in [5, 5.41) is 14.3. The molecule has 0 aliphatic heterocycles. The fourth-order valence-electron chi connectivity index (χ4n) is 2.17. The summed E-state index contributed by atoms with van der Waals surface area (Å²) in [6.45, 7) is 1.88. The SMILES string of the molecule is COc1cc(Cl)c(C)cc1Nc1nncc(Nc2ccccc2F)n1. The maximum Gasteiger partial charge on any atom is 0.249 e. The van der Waals surface area contributed by atoms with Gasteiger partial charge in [-0.15, -0.1) is 5.10 Å². The Balaban J connectivity index is 1.85. The average Bonchev–Trinajstić information content (AvgIpc) is 2.60. The van der Waals surface area contributed by atoms with Crippen LogP contribution in [-0.2, 0) is 0 Å². The van der Waals surface area contributed by atoms with Crippen LogP contribution in [0.3, 0.4) is 0 Å². The monoisotopic (exact) mass is 359 g/mol. The number of anilines is 4. The Labute approximate surface area is 149 Å². The van der Waals surface area contributed by atoms with Crippen LogP contribution in [0.1, 0.15) is 5.56 Å². The van der Waals surface area contributed by atoms with Crippen molar-refractivity contribution in [3.63, 3.8) is 0 Å². The molecular formula is C17H15ClFN5O. The van der Waals surface area contributed by atoms with Crippen molar-refractivity contribution in [3.8, 4) is 5.75 Å². The number of para-hydroxylation sites is 1. The lowest BCUT2D eigenvalue weighted by Gasteiger charge is -2.12. The summed E-state index contributed by atoms with van der Waals surface area (Å²) in [5.74, 6) is 0.755. The van der Waals surface area contributed by atoms with E-state index in [1.165, 1.54) is 12.3 Å². The molecule has 0 spiro atoms. The Morgan fingerprint density at radius 2 is 1.92 bits per heavy atom. The normalized spacial score (nSPS) is 10.4. The third kappa shape index (κ3) is 3.95. The summed E-state index contributed by atoms with van der Waals surface area (Å²) >= 11 is 6.10. The van der Waals surface area contributed by atoms with Crippen LogP contribution >= 0.6 is 11.6 Å². The Bertz CT molecular complexity index is 906. The molecule has 1 heterocycles. The van der Waals surface area contributed by atoms with Crippen molar-refractivity contribution in [1.29, 1.82) is 0 Å². The van der Waals surface area contributed by atoms with Crippen LogP contribution in [0.25, 0.3) is 0 Å². The molecule has 0 aliphatic rings. The molecule has 0 radical (unpaired) electrons. The molecule has 0 saturated heterocycles. The first kappa shape index (κ1) is 16.9. The van der Waals surface area contributed by atoms with Crippen LogP contribution in [0.4, 0.5) is 27.5 Å². The molecule has 0 unspecified atom stereocenters. The van der Waals surface area contributed by atoms with Crippen LogP contribution in [0.15, 0.2) is 42.6 Å². The highest BCUT2D eigenvalue weighted by atomic mass is 35.5. The molecule has 0 saturated carbocycles. The predicted molar refractivity (Wildman–Crippen MR) is 95.5 cm³/mol. The summed E-state index contributed by atoms with van der Waals surface area (Å²) < 4.78 is 19.0. The molecule has 0 bridgehead atoms. The fourth-order valence-corrected chi connectivity index (χ4v) is 2.32. The molecule has 8 heteroatoms. The minimum absolute atomic E-state index is 0.237. The molecule has 6 nitrogen and oxygen atoms in total. The maximum atomic E-state index is 13.7. The van der Waals surface area contributed by atoms with Gasteiger partial charge in [-0.3, -0.25) is 0 Å². The van der Waals surface area contributed by atoms with E-state index in [-0.39, 0.29) is 11.8 Å². The first-order chi connectivity index (χ1) is 12.1. The van der Waals surface area contributed by atoms with Gasteiger partial charge in [0.05, 0.1) is 24.7 Å². The largest absolute Gasteiger partial charge is 0.495 e. The van der Waals surface area contributed by atoms with E-state index in [9.17, 15) is 4.39 Å². The van der Waals surface area contributed by atoms with Crippen LogP contribution in [0.2, 0.25) is 5.02 Å². The van der Waals surface area contributed by atoms with Gasteiger partial charge in [-0.05, 0) is 30.7 Å². The molecule has 3 aromatic rings. The molecule has 1 aromatic heterocycles. The molecule has 0 aliphatic carbocycles. The smallest absolute Gasteiger partial charge is 0.249 e. The minimum Gasteiger partial charge on any atom is -0.495 e. The predicted octanol–water partition coefficient (Wildman–Crippen LogP) is 4.47. The van der Waals surface area contributed by atoms with E-state index in [0.717, 1.165) is 5.56 Å². The minimum atomic E-state index is -0.384. The highest BCUT2D eigenvalue weighted by molar-refractivity contribution is 6.31. The molecule has 0 amide bonds. The second-order valence-electron chi connectivity index (χ2n) is 5.20. The van der Waals surface area contributed by atoms with E-state index < -0.39 is 0 Å². The molecule has 3 rings (SSSR count). The van der Waals surface area contributed by atoms with Gasteiger partial charge >= 0.3 is 0 Å². The topological polar surface area (TPSA) is 72.0 Å². The molecule has 128 valence electrons. The number of benzene rings is 2. The third-order valence-corrected chi connectivity index (χ3v) is 3.83. The first-order valence-electron chi connectivity index (χ1n) is 7.39. The molecule has 0 fully saturated rings. The van der Waals surface area contributed by atoms with Gasteiger partial charge in [0, 0.05) is 11.1 Å². The maximum absolute atomic E-state index is 13.7. The average molecular weight is 360 g/mol. The number of methoxy groups -OCH3 is 1. The zero-order valence-electron chi connectivity index (χ0n) is 13.5. The number of halogens is 2. The van der Waals surface area contributed by atoms with Crippen molar-refractivity contribution in [2.24, 2.45) is 0 Å². The lowest BCUT2D eigenvalue weighted by Crippen LogP contribution is -2.04. The first-order valence-corrected chi connectivity index (χ1v) is 7.77. The summed E-state index contributed by atoms with van der Waals surface area (Å²) in [7, 11) is 1.54. The van der Waals surface area contributed by atoms with Gasteiger partial charge in [-0.2, -0.15) is 10.1 Å². The van der Waals surface area contributed by atoms with Crippen molar-refractivity contribution in [2.75, 3.05) is 17.7 Å². The Morgan fingerprint density at radius 3 is 2.68 bits per heavy atom. The number of aromatic nitrogens is 3. The number of rotatable bonds is 5. The summed E-state index contributed by atoms with van der Waals surface area (Å²) in [6, 6.07) is 9.82. The van der Waals surface area contributed by atoms with E-state index >= 15 is 0 Å². The van der Waals surface area contributed by atoms with E-state index in [1.54, 1.807) is 31.4 Å². The zero-order valence-corrected chi connectivity index (χ0v) is 14.3. The van der Waals surface area contributed by atoms with Gasteiger partial charge in [0.1, 0.15) is 11.6 Å². The lowest BCUT2D eigenvalue weighted by molar-refractivity contribution is 0.416. The van der Waals surface area contributed by atoms with E-state index in [0.29, 0.717) is 28.0 Å². The number of nitrogens with zero attached hydrogens (tertiary/aromatic N) is 3. The number of hydrogen-bond acceptors (Lipinski definition) is 6. The Kier molecular flexibility index (Phi) is 4.95. The standard InChI is InChI=1S/C17H15ClFN5O/c1-10-7-14(15(25-2)8-11(10)18)22-17-23-16(9-20-24-17)21-13-6-4-3-5-12(13)19/h3-9H,1-2H3,(H2,21,22,23,24). The highest BCUT2D eigenvalue weighted by Gasteiger charge is 2.10. The molecular weight excluding hydrogens is 345 g/mol. The van der Waals surface area contributed by atoms with Gasteiger partial charge in [-0.25, -0.2) is 4.39 Å². The van der Waals surface area contributed by atoms with Gasteiger partial charge in [0.25, 0.3) is 0 Å². The number of hydrogen-bond donors (Lipinski definition) is 2. The number of nitrogens with one attached hydrogen (secondary N) is 2. The summed E-state index contributed by atoms with van der Waals surface area (Å²) in [4.78, 5) is 4.28. The van der Waals surface area contributed by atoms with E-state index in [2.05, 4.69) is 25.8 Å².